The van der Waals surface area contributed by atoms with Crippen molar-refractivity contribution in [2.24, 2.45) is 0 Å². The van der Waals surface area contributed by atoms with Gasteiger partial charge in [0.1, 0.15) is 0 Å². The number of allylic oxidation sites excluding steroid dienone is 1. The molecule has 1 aromatic heterocycles. The van der Waals surface area contributed by atoms with Gasteiger partial charge in [-0.1, -0.05) is 38.1 Å². The second kappa shape index (κ2) is 9.24. The third kappa shape index (κ3) is 4.33. The molecule has 22 heavy (non-hydrogen) atoms. The summed E-state index contributed by atoms with van der Waals surface area (Å²) >= 11 is 0. The maximum absolute atomic E-state index is 6.75. The van der Waals surface area contributed by atoms with Crippen molar-refractivity contribution in [1.29, 1.82) is 0 Å². The number of hydrogen-bond acceptors (Lipinski definition) is 1. The van der Waals surface area contributed by atoms with Gasteiger partial charge in [0.2, 0.25) is 0 Å². The summed E-state index contributed by atoms with van der Waals surface area (Å²) in [5, 5.41) is 6.75. The average Bonchev–Trinajstić information content (AvgIpc) is 2.87. The number of pyridine rings is 1. The third-order valence-electron chi connectivity index (χ3n) is 3.30. The Balaban J connectivity index is 0.000000819. The van der Waals surface area contributed by atoms with E-state index in [0.29, 0.717) is 0 Å². The largest absolute Gasteiger partial charge is 3.00 e. The first-order chi connectivity index (χ1) is 10.2. The van der Waals surface area contributed by atoms with Crippen molar-refractivity contribution in [3.8, 4) is 11.3 Å². The molecule has 0 spiro atoms. The minimum Gasteiger partial charge on any atom is -0.817 e. The number of aromatic nitrogens is 1. The standard InChI is InChI=1S/C16H14N.C2H3.CH2N.Ir/c1-16(2)9-8-12-11-13(6-7-14(12)16)15-5-3-4-10-17-15;2*1-2;/h3-5,7-11H,1-2H3;1H,2H2;1H2;/q3*-1;+3. The summed E-state index contributed by atoms with van der Waals surface area (Å²) in [6.07, 6.45) is 6.25. The van der Waals surface area contributed by atoms with Crippen LogP contribution in [0.25, 0.3) is 22.7 Å². The second-order valence-corrected chi connectivity index (χ2v) is 4.99. The van der Waals surface area contributed by atoms with E-state index in [1.807, 2.05) is 24.4 Å². The number of rotatable bonds is 1. The fourth-order valence-electron chi connectivity index (χ4n) is 2.26. The minimum atomic E-state index is 0. The van der Waals surface area contributed by atoms with Crippen LogP contribution in [-0.4, -0.2) is 11.7 Å². The molecular weight excluding hydrogens is 448 g/mol. The molecule has 1 aromatic carbocycles. The van der Waals surface area contributed by atoms with Gasteiger partial charge in [-0.05, 0) is 17.2 Å². The molecule has 0 unspecified atom stereocenters. The fourth-order valence-corrected chi connectivity index (χ4v) is 2.26. The molecule has 0 saturated heterocycles. The topological polar surface area (TPSA) is 35.2 Å². The van der Waals surface area contributed by atoms with Crippen molar-refractivity contribution in [2.45, 2.75) is 19.3 Å². The molecule has 0 N–H and O–H groups in total. The molecule has 0 bridgehead atoms. The van der Waals surface area contributed by atoms with E-state index in [0.717, 1.165) is 11.3 Å². The molecule has 0 fully saturated rings. The summed E-state index contributed by atoms with van der Waals surface area (Å²) in [6, 6.07) is 13.6. The molecular formula is C19H19IrN2. The average molecular weight is 468 g/mol. The van der Waals surface area contributed by atoms with Gasteiger partial charge in [-0.2, -0.15) is 0 Å². The quantitative estimate of drug-likeness (QED) is 0.442. The van der Waals surface area contributed by atoms with E-state index in [9.17, 15) is 0 Å². The Morgan fingerprint density at radius 3 is 2.50 bits per heavy atom. The van der Waals surface area contributed by atoms with Crippen molar-refractivity contribution in [3.05, 3.63) is 78.4 Å². The molecule has 0 radical (unpaired) electrons. The molecule has 1 heterocycles. The van der Waals surface area contributed by atoms with Gasteiger partial charge in [0.25, 0.3) is 0 Å². The van der Waals surface area contributed by atoms with Crippen LogP contribution in [0.2, 0.25) is 0 Å². The molecule has 0 aliphatic heterocycles. The van der Waals surface area contributed by atoms with Crippen LogP contribution in [-0.2, 0) is 25.5 Å². The Morgan fingerprint density at radius 2 is 1.91 bits per heavy atom. The van der Waals surface area contributed by atoms with E-state index in [4.69, 9.17) is 5.41 Å². The first kappa shape index (κ1) is 20.2. The zero-order chi connectivity index (χ0) is 15.9. The number of hydrogen-bond donors (Lipinski definition) is 0. The first-order valence-electron chi connectivity index (χ1n) is 6.56. The normalized spacial score (nSPS) is 12.6. The minimum absolute atomic E-state index is 0. The van der Waals surface area contributed by atoms with Crippen LogP contribution in [0.15, 0.2) is 49.2 Å². The smallest absolute Gasteiger partial charge is 0.817 e. The number of benzene rings is 1. The predicted octanol–water partition coefficient (Wildman–Crippen LogP) is 4.71. The Kier molecular flexibility index (Phi) is 8.47. The van der Waals surface area contributed by atoms with E-state index < -0.39 is 0 Å². The van der Waals surface area contributed by atoms with Gasteiger partial charge in [0, 0.05) is 6.20 Å². The summed E-state index contributed by atoms with van der Waals surface area (Å²) in [4.78, 5) is 4.36. The Hall–Kier alpha value is -1.83. The van der Waals surface area contributed by atoms with E-state index in [-0.39, 0.29) is 25.5 Å². The Morgan fingerprint density at radius 1 is 1.23 bits per heavy atom. The summed E-state index contributed by atoms with van der Waals surface area (Å²) in [5.74, 6) is 0. The van der Waals surface area contributed by atoms with E-state index in [1.165, 1.54) is 11.1 Å². The molecule has 3 rings (SSSR count). The zero-order valence-corrected chi connectivity index (χ0v) is 15.2. The Labute approximate surface area is 146 Å². The van der Waals surface area contributed by atoms with Gasteiger partial charge in [-0.25, -0.2) is 6.72 Å². The summed E-state index contributed by atoms with van der Waals surface area (Å²) in [7, 11) is 0. The van der Waals surface area contributed by atoms with E-state index >= 15 is 0 Å². The SMILES string of the molecule is C=[N-].CC1(C)C=Cc2cc(-c3ccccn3)[c-]cc21.[CH-]=C.[Ir+3]. The summed E-state index contributed by atoms with van der Waals surface area (Å²) in [5.41, 5.74) is 4.81. The zero-order valence-electron chi connectivity index (χ0n) is 12.8. The third-order valence-corrected chi connectivity index (χ3v) is 3.30. The van der Waals surface area contributed by atoms with Crippen molar-refractivity contribution >= 4 is 12.8 Å². The van der Waals surface area contributed by atoms with Crippen LogP contribution in [0.4, 0.5) is 0 Å². The fraction of sp³-hybridized carbons (Fsp3) is 0.158. The van der Waals surface area contributed by atoms with Crippen LogP contribution < -0.4 is 0 Å². The molecule has 0 amide bonds. The molecule has 0 atom stereocenters. The predicted molar refractivity (Wildman–Crippen MR) is 91.0 cm³/mol. The molecule has 0 saturated carbocycles. The van der Waals surface area contributed by atoms with Gasteiger partial charge in [0.05, 0.1) is 0 Å². The van der Waals surface area contributed by atoms with E-state index in [2.05, 4.69) is 69.1 Å². The number of nitrogens with zero attached hydrogens (tertiary/aromatic N) is 2. The van der Waals surface area contributed by atoms with Crippen LogP contribution in [0, 0.1) is 12.6 Å². The molecule has 1 aliphatic carbocycles. The Bertz CT molecular complexity index is 617. The van der Waals surface area contributed by atoms with E-state index in [1.54, 1.807) is 0 Å². The molecule has 1 aliphatic rings. The first-order valence-corrected chi connectivity index (χ1v) is 6.56. The van der Waals surface area contributed by atoms with Crippen molar-refractivity contribution < 1.29 is 20.1 Å². The van der Waals surface area contributed by atoms with Crippen LogP contribution in [0.1, 0.15) is 25.0 Å². The van der Waals surface area contributed by atoms with Gasteiger partial charge in [-0.15, -0.1) is 34.9 Å². The second-order valence-electron chi connectivity index (χ2n) is 4.99. The van der Waals surface area contributed by atoms with Crippen LogP contribution in [0.5, 0.6) is 0 Å². The summed E-state index contributed by atoms with van der Waals surface area (Å²) < 4.78 is 0. The maximum atomic E-state index is 6.75. The van der Waals surface area contributed by atoms with Gasteiger partial charge in [-0.3, -0.25) is 6.58 Å². The van der Waals surface area contributed by atoms with Crippen LogP contribution >= 0.6 is 0 Å². The molecule has 2 nitrogen and oxygen atoms in total. The van der Waals surface area contributed by atoms with Crippen molar-refractivity contribution in [1.82, 2.24) is 4.98 Å². The molecule has 114 valence electrons. The monoisotopic (exact) mass is 468 g/mol. The van der Waals surface area contributed by atoms with Crippen LogP contribution in [0.3, 0.4) is 0 Å². The van der Waals surface area contributed by atoms with Gasteiger partial charge >= 0.3 is 20.1 Å². The maximum Gasteiger partial charge on any atom is 3.00 e. The number of fused-ring (bicyclic) bond motifs is 1. The molecule has 3 heteroatoms. The van der Waals surface area contributed by atoms with Crippen molar-refractivity contribution in [2.75, 3.05) is 0 Å². The van der Waals surface area contributed by atoms with Crippen molar-refractivity contribution in [3.63, 3.8) is 0 Å². The van der Waals surface area contributed by atoms with Gasteiger partial charge < -0.3 is 17.0 Å². The molecule has 2 aromatic rings. The summed E-state index contributed by atoms with van der Waals surface area (Å²) in [6.45, 7) is 13.7. The van der Waals surface area contributed by atoms with Gasteiger partial charge in [0.15, 0.2) is 0 Å².